The topological polar surface area (TPSA) is 44.5 Å². The Balaban J connectivity index is 1.97. The first-order valence-electron chi connectivity index (χ1n) is 6.46. The SMILES string of the molecule is C=CCc1cc(N)ccc1OCC1CCC(C)O1. The molecule has 98 valence electrons. The van der Waals surface area contributed by atoms with E-state index in [-0.39, 0.29) is 6.10 Å². The zero-order valence-corrected chi connectivity index (χ0v) is 10.9. The van der Waals surface area contributed by atoms with Gasteiger partial charge in [-0.3, -0.25) is 0 Å². The minimum atomic E-state index is 0.217. The number of nitrogens with two attached hydrogens (primary N) is 1. The summed E-state index contributed by atoms with van der Waals surface area (Å²) >= 11 is 0. The lowest BCUT2D eigenvalue weighted by Gasteiger charge is -2.15. The van der Waals surface area contributed by atoms with Crippen molar-refractivity contribution in [1.82, 2.24) is 0 Å². The minimum absolute atomic E-state index is 0.217. The van der Waals surface area contributed by atoms with Gasteiger partial charge in [0.25, 0.3) is 0 Å². The third kappa shape index (κ3) is 3.26. The predicted octanol–water partition coefficient (Wildman–Crippen LogP) is 2.94. The molecular weight excluding hydrogens is 226 g/mol. The molecule has 0 aliphatic carbocycles. The summed E-state index contributed by atoms with van der Waals surface area (Å²) in [6, 6.07) is 5.72. The second-order valence-corrected chi connectivity index (χ2v) is 4.82. The number of hydrogen-bond donors (Lipinski definition) is 1. The van der Waals surface area contributed by atoms with Gasteiger partial charge in [0.05, 0.1) is 12.2 Å². The number of anilines is 1. The lowest BCUT2D eigenvalue weighted by molar-refractivity contribution is 0.0263. The van der Waals surface area contributed by atoms with E-state index in [2.05, 4.69) is 13.5 Å². The van der Waals surface area contributed by atoms with Crippen LogP contribution >= 0.6 is 0 Å². The molecule has 2 unspecified atom stereocenters. The summed E-state index contributed by atoms with van der Waals surface area (Å²) in [5, 5.41) is 0. The van der Waals surface area contributed by atoms with Gasteiger partial charge < -0.3 is 15.2 Å². The van der Waals surface area contributed by atoms with Gasteiger partial charge in [0.2, 0.25) is 0 Å². The van der Waals surface area contributed by atoms with Gasteiger partial charge in [0.1, 0.15) is 12.4 Å². The zero-order chi connectivity index (χ0) is 13.0. The Morgan fingerprint density at radius 3 is 3.00 bits per heavy atom. The first-order valence-corrected chi connectivity index (χ1v) is 6.46. The van der Waals surface area contributed by atoms with E-state index in [9.17, 15) is 0 Å². The molecule has 1 aromatic rings. The molecule has 1 heterocycles. The van der Waals surface area contributed by atoms with Crippen molar-refractivity contribution in [2.45, 2.75) is 38.4 Å². The Kier molecular flexibility index (Phi) is 4.26. The molecule has 18 heavy (non-hydrogen) atoms. The van der Waals surface area contributed by atoms with Crippen LogP contribution in [0.15, 0.2) is 30.9 Å². The summed E-state index contributed by atoms with van der Waals surface area (Å²) in [6.45, 7) is 6.47. The molecule has 0 saturated carbocycles. The van der Waals surface area contributed by atoms with Crippen LogP contribution in [0.4, 0.5) is 5.69 Å². The van der Waals surface area contributed by atoms with Crippen LogP contribution in [-0.2, 0) is 11.2 Å². The van der Waals surface area contributed by atoms with Crippen molar-refractivity contribution in [3.63, 3.8) is 0 Å². The molecule has 1 aromatic carbocycles. The number of benzene rings is 1. The molecule has 0 aromatic heterocycles. The van der Waals surface area contributed by atoms with Crippen LogP contribution in [0.2, 0.25) is 0 Å². The lowest BCUT2D eigenvalue weighted by atomic mass is 10.1. The van der Waals surface area contributed by atoms with Gasteiger partial charge in [-0.1, -0.05) is 6.08 Å². The summed E-state index contributed by atoms with van der Waals surface area (Å²) in [5.74, 6) is 0.882. The summed E-state index contributed by atoms with van der Waals surface area (Å²) in [5.41, 5.74) is 7.61. The van der Waals surface area contributed by atoms with Gasteiger partial charge >= 0.3 is 0 Å². The van der Waals surface area contributed by atoms with E-state index in [1.807, 2.05) is 24.3 Å². The molecule has 2 rings (SSSR count). The first kappa shape index (κ1) is 13.0. The Bertz CT molecular complexity index is 417. The number of ether oxygens (including phenoxy) is 2. The van der Waals surface area contributed by atoms with Crippen LogP contribution < -0.4 is 10.5 Å². The average Bonchev–Trinajstić information content (AvgIpc) is 2.75. The molecule has 0 radical (unpaired) electrons. The van der Waals surface area contributed by atoms with E-state index in [4.69, 9.17) is 15.2 Å². The van der Waals surface area contributed by atoms with Crippen molar-refractivity contribution in [1.29, 1.82) is 0 Å². The van der Waals surface area contributed by atoms with Crippen molar-refractivity contribution in [3.05, 3.63) is 36.4 Å². The van der Waals surface area contributed by atoms with Gasteiger partial charge in [-0.15, -0.1) is 6.58 Å². The molecule has 2 atom stereocenters. The number of allylic oxidation sites excluding steroid dienone is 1. The van der Waals surface area contributed by atoms with Crippen molar-refractivity contribution in [2.24, 2.45) is 0 Å². The van der Waals surface area contributed by atoms with E-state index >= 15 is 0 Å². The molecule has 2 N–H and O–H groups in total. The average molecular weight is 247 g/mol. The summed E-state index contributed by atoms with van der Waals surface area (Å²) < 4.78 is 11.6. The molecule has 1 fully saturated rings. The zero-order valence-electron chi connectivity index (χ0n) is 10.9. The van der Waals surface area contributed by atoms with Crippen molar-refractivity contribution in [2.75, 3.05) is 12.3 Å². The second kappa shape index (κ2) is 5.91. The standard InChI is InChI=1S/C15H21NO2/c1-3-4-12-9-13(16)6-8-15(12)17-10-14-7-5-11(2)18-14/h3,6,8-9,11,14H,1,4-5,7,10,16H2,2H3. The summed E-state index contributed by atoms with van der Waals surface area (Å²) in [6.07, 6.45) is 5.40. The Hall–Kier alpha value is -1.48. The summed E-state index contributed by atoms with van der Waals surface area (Å²) in [7, 11) is 0. The highest BCUT2D eigenvalue weighted by atomic mass is 16.5. The smallest absolute Gasteiger partial charge is 0.123 e. The Morgan fingerprint density at radius 2 is 2.33 bits per heavy atom. The highest BCUT2D eigenvalue weighted by Gasteiger charge is 2.22. The number of nitrogen functional groups attached to an aromatic ring is 1. The normalized spacial score (nSPS) is 22.9. The maximum absolute atomic E-state index is 5.85. The van der Waals surface area contributed by atoms with Crippen molar-refractivity contribution in [3.8, 4) is 5.75 Å². The predicted molar refractivity (Wildman–Crippen MR) is 73.8 cm³/mol. The molecule has 0 bridgehead atoms. The van der Waals surface area contributed by atoms with Crippen LogP contribution in [0.5, 0.6) is 5.75 Å². The molecule has 3 nitrogen and oxygen atoms in total. The molecule has 1 saturated heterocycles. The monoisotopic (exact) mass is 247 g/mol. The highest BCUT2D eigenvalue weighted by Crippen LogP contribution is 2.25. The third-order valence-corrected chi connectivity index (χ3v) is 3.19. The molecule has 3 heteroatoms. The highest BCUT2D eigenvalue weighted by molar-refractivity contribution is 5.48. The van der Waals surface area contributed by atoms with Gasteiger partial charge in [-0.05, 0) is 49.9 Å². The van der Waals surface area contributed by atoms with Crippen LogP contribution in [0.25, 0.3) is 0 Å². The maximum Gasteiger partial charge on any atom is 0.123 e. The van der Waals surface area contributed by atoms with Gasteiger partial charge in [-0.25, -0.2) is 0 Å². The van der Waals surface area contributed by atoms with Gasteiger partial charge in [0, 0.05) is 5.69 Å². The Morgan fingerprint density at radius 1 is 1.50 bits per heavy atom. The number of hydrogen-bond acceptors (Lipinski definition) is 3. The summed E-state index contributed by atoms with van der Waals surface area (Å²) in [4.78, 5) is 0. The van der Waals surface area contributed by atoms with E-state index < -0.39 is 0 Å². The van der Waals surface area contributed by atoms with Crippen molar-refractivity contribution >= 4 is 5.69 Å². The third-order valence-electron chi connectivity index (χ3n) is 3.19. The fourth-order valence-electron chi connectivity index (χ4n) is 2.25. The first-order chi connectivity index (χ1) is 8.69. The van der Waals surface area contributed by atoms with Crippen molar-refractivity contribution < 1.29 is 9.47 Å². The molecule has 1 aliphatic heterocycles. The van der Waals surface area contributed by atoms with E-state index in [0.29, 0.717) is 12.7 Å². The van der Waals surface area contributed by atoms with Crippen LogP contribution in [0, 0.1) is 0 Å². The van der Waals surface area contributed by atoms with E-state index in [0.717, 1.165) is 36.3 Å². The lowest BCUT2D eigenvalue weighted by Crippen LogP contribution is -2.18. The minimum Gasteiger partial charge on any atom is -0.491 e. The second-order valence-electron chi connectivity index (χ2n) is 4.82. The molecule has 0 spiro atoms. The van der Waals surface area contributed by atoms with Crippen LogP contribution in [0.3, 0.4) is 0 Å². The fourth-order valence-corrected chi connectivity index (χ4v) is 2.25. The Labute approximate surface area is 109 Å². The van der Waals surface area contributed by atoms with Gasteiger partial charge in [-0.2, -0.15) is 0 Å². The quantitative estimate of drug-likeness (QED) is 0.642. The fraction of sp³-hybridized carbons (Fsp3) is 0.467. The van der Waals surface area contributed by atoms with Crippen LogP contribution in [-0.4, -0.2) is 18.8 Å². The molecule has 0 amide bonds. The molecular formula is C15H21NO2. The van der Waals surface area contributed by atoms with E-state index in [1.54, 1.807) is 0 Å². The van der Waals surface area contributed by atoms with Crippen LogP contribution in [0.1, 0.15) is 25.3 Å². The van der Waals surface area contributed by atoms with Gasteiger partial charge in [0.15, 0.2) is 0 Å². The molecule has 1 aliphatic rings. The van der Waals surface area contributed by atoms with E-state index in [1.165, 1.54) is 0 Å². The maximum atomic E-state index is 5.85. The largest absolute Gasteiger partial charge is 0.491 e. The number of rotatable bonds is 5.